The summed E-state index contributed by atoms with van der Waals surface area (Å²) in [7, 11) is 3.25. The number of piperazine rings is 1. The van der Waals surface area contributed by atoms with Crippen molar-refractivity contribution in [3.63, 3.8) is 0 Å². The fourth-order valence-electron chi connectivity index (χ4n) is 3.54. The molecule has 166 valence electrons. The van der Waals surface area contributed by atoms with Crippen LogP contribution >= 0.6 is 11.6 Å². The van der Waals surface area contributed by atoms with Crippen molar-refractivity contribution in [3.05, 3.63) is 58.6 Å². The van der Waals surface area contributed by atoms with Gasteiger partial charge in [-0.15, -0.1) is 0 Å². The Kier molecular flexibility index (Phi) is 8.14. The third kappa shape index (κ3) is 6.35. The predicted octanol–water partition coefficient (Wildman–Crippen LogP) is 2.82. The Bertz CT molecular complexity index is 896. The van der Waals surface area contributed by atoms with Crippen molar-refractivity contribution in [2.45, 2.75) is 13.0 Å². The van der Waals surface area contributed by atoms with Crippen LogP contribution in [-0.4, -0.2) is 68.6 Å². The van der Waals surface area contributed by atoms with E-state index in [1.807, 2.05) is 23.1 Å². The van der Waals surface area contributed by atoms with Gasteiger partial charge in [-0.25, -0.2) is 0 Å². The molecule has 31 heavy (non-hydrogen) atoms. The van der Waals surface area contributed by atoms with Gasteiger partial charge in [0.15, 0.2) is 11.5 Å². The molecule has 2 amide bonds. The Balaban J connectivity index is 1.40. The predicted molar refractivity (Wildman–Crippen MR) is 120 cm³/mol. The van der Waals surface area contributed by atoms with Crippen molar-refractivity contribution in [1.82, 2.24) is 15.1 Å². The zero-order valence-electron chi connectivity index (χ0n) is 17.9. The molecule has 1 saturated heterocycles. The quantitative estimate of drug-likeness (QED) is 0.676. The van der Waals surface area contributed by atoms with Crippen LogP contribution in [0.3, 0.4) is 0 Å². The number of nitrogens with one attached hydrogen (secondary N) is 1. The smallest absolute Gasteiger partial charge is 0.251 e. The summed E-state index contributed by atoms with van der Waals surface area (Å²) in [5.41, 5.74) is 1.67. The second kappa shape index (κ2) is 11.0. The molecule has 0 atom stereocenters. The number of carbonyl (C=O) groups is 2. The second-order valence-electron chi connectivity index (χ2n) is 7.36. The van der Waals surface area contributed by atoms with E-state index in [9.17, 15) is 9.59 Å². The largest absolute Gasteiger partial charge is 0.493 e. The number of ether oxygens (including phenoxy) is 2. The van der Waals surface area contributed by atoms with E-state index < -0.39 is 0 Å². The topological polar surface area (TPSA) is 71.1 Å². The highest BCUT2D eigenvalue weighted by molar-refractivity contribution is 6.30. The summed E-state index contributed by atoms with van der Waals surface area (Å²) >= 11 is 5.83. The molecule has 0 aromatic heterocycles. The summed E-state index contributed by atoms with van der Waals surface area (Å²) in [6.45, 7) is 4.06. The molecule has 0 spiro atoms. The molecular weight excluding hydrogens is 418 g/mol. The maximum absolute atomic E-state index is 12.5. The van der Waals surface area contributed by atoms with Crippen molar-refractivity contribution in [2.24, 2.45) is 0 Å². The second-order valence-corrected chi connectivity index (χ2v) is 7.80. The van der Waals surface area contributed by atoms with Crippen LogP contribution < -0.4 is 14.8 Å². The lowest BCUT2D eigenvalue weighted by Crippen LogP contribution is -2.48. The van der Waals surface area contributed by atoms with Gasteiger partial charge in [0.2, 0.25) is 5.91 Å². The molecule has 7 nitrogen and oxygen atoms in total. The Morgan fingerprint density at radius 3 is 2.29 bits per heavy atom. The van der Waals surface area contributed by atoms with E-state index in [1.165, 1.54) is 0 Å². The van der Waals surface area contributed by atoms with Crippen LogP contribution in [0.1, 0.15) is 22.3 Å². The van der Waals surface area contributed by atoms with Gasteiger partial charge in [-0.3, -0.25) is 14.5 Å². The zero-order valence-corrected chi connectivity index (χ0v) is 18.7. The Morgan fingerprint density at radius 1 is 0.968 bits per heavy atom. The molecule has 3 rings (SSSR count). The first-order valence-corrected chi connectivity index (χ1v) is 10.6. The first-order valence-electron chi connectivity index (χ1n) is 10.2. The van der Waals surface area contributed by atoms with Gasteiger partial charge in [0.1, 0.15) is 0 Å². The van der Waals surface area contributed by atoms with E-state index >= 15 is 0 Å². The van der Waals surface area contributed by atoms with Crippen molar-refractivity contribution in [1.29, 1.82) is 0 Å². The molecule has 1 fully saturated rings. The van der Waals surface area contributed by atoms with Crippen molar-refractivity contribution in [2.75, 3.05) is 46.9 Å². The minimum absolute atomic E-state index is 0.0576. The highest BCUT2D eigenvalue weighted by atomic mass is 35.5. The standard InChI is InChI=1S/C23H28ClN3O4/c1-30-20-8-3-17(15-21(20)31-2)16-26-11-13-27(14-12-26)22(28)9-10-25-23(29)18-4-6-19(24)7-5-18/h3-8,15H,9-14,16H2,1-2H3,(H,25,29). The van der Waals surface area contributed by atoms with Gasteiger partial charge in [-0.2, -0.15) is 0 Å². The molecule has 0 aliphatic carbocycles. The van der Waals surface area contributed by atoms with Crippen molar-refractivity contribution in [3.8, 4) is 11.5 Å². The third-order valence-electron chi connectivity index (χ3n) is 5.31. The monoisotopic (exact) mass is 445 g/mol. The maximum Gasteiger partial charge on any atom is 0.251 e. The van der Waals surface area contributed by atoms with Crippen LogP contribution in [-0.2, 0) is 11.3 Å². The minimum Gasteiger partial charge on any atom is -0.493 e. The molecule has 1 aliphatic heterocycles. The lowest BCUT2D eigenvalue weighted by molar-refractivity contribution is -0.132. The first-order chi connectivity index (χ1) is 15.0. The molecule has 1 heterocycles. The molecule has 2 aromatic rings. The molecule has 1 aliphatic rings. The number of rotatable bonds is 8. The van der Waals surface area contributed by atoms with E-state index in [4.69, 9.17) is 21.1 Å². The van der Waals surface area contributed by atoms with Gasteiger partial charge >= 0.3 is 0 Å². The van der Waals surface area contributed by atoms with E-state index in [-0.39, 0.29) is 18.2 Å². The van der Waals surface area contributed by atoms with Crippen molar-refractivity contribution >= 4 is 23.4 Å². The van der Waals surface area contributed by atoms with E-state index in [2.05, 4.69) is 10.2 Å². The van der Waals surface area contributed by atoms with Crippen LogP contribution in [0.4, 0.5) is 0 Å². The molecule has 0 unspecified atom stereocenters. The van der Waals surface area contributed by atoms with Gasteiger partial charge in [-0.05, 0) is 42.0 Å². The van der Waals surface area contributed by atoms with E-state index in [0.717, 1.165) is 30.9 Å². The minimum atomic E-state index is -0.204. The zero-order chi connectivity index (χ0) is 22.2. The highest BCUT2D eigenvalue weighted by Crippen LogP contribution is 2.28. The van der Waals surface area contributed by atoms with Crippen LogP contribution in [0, 0.1) is 0 Å². The maximum atomic E-state index is 12.5. The molecule has 2 aromatic carbocycles. The van der Waals surface area contributed by atoms with E-state index in [0.29, 0.717) is 36.0 Å². The van der Waals surface area contributed by atoms with Gasteiger partial charge in [0.05, 0.1) is 14.2 Å². The normalized spacial score (nSPS) is 14.2. The summed E-state index contributed by atoms with van der Waals surface area (Å²) in [6.07, 6.45) is 0.287. The van der Waals surface area contributed by atoms with Gasteiger partial charge in [0.25, 0.3) is 5.91 Å². The van der Waals surface area contributed by atoms with Crippen LogP contribution in [0.5, 0.6) is 11.5 Å². The lowest BCUT2D eigenvalue weighted by Gasteiger charge is -2.35. The lowest BCUT2D eigenvalue weighted by atomic mass is 10.1. The van der Waals surface area contributed by atoms with Crippen LogP contribution in [0.15, 0.2) is 42.5 Å². The van der Waals surface area contributed by atoms with Gasteiger partial charge in [0, 0.05) is 56.3 Å². The first kappa shape index (κ1) is 22.9. The number of carbonyl (C=O) groups excluding carboxylic acids is 2. The summed E-state index contributed by atoms with van der Waals surface area (Å²) in [4.78, 5) is 28.8. The van der Waals surface area contributed by atoms with Crippen LogP contribution in [0.2, 0.25) is 5.02 Å². The Morgan fingerprint density at radius 2 is 1.65 bits per heavy atom. The number of hydrogen-bond donors (Lipinski definition) is 1. The Labute approximate surface area is 187 Å². The van der Waals surface area contributed by atoms with E-state index in [1.54, 1.807) is 38.5 Å². The van der Waals surface area contributed by atoms with Crippen LogP contribution in [0.25, 0.3) is 0 Å². The summed E-state index contributed by atoms with van der Waals surface area (Å²) < 4.78 is 10.7. The summed E-state index contributed by atoms with van der Waals surface area (Å²) in [5.74, 6) is 1.28. The number of halogens is 1. The Hall–Kier alpha value is -2.77. The summed E-state index contributed by atoms with van der Waals surface area (Å²) in [6, 6.07) is 12.6. The highest BCUT2D eigenvalue weighted by Gasteiger charge is 2.21. The number of hydrogen-bond acceptors (Lipinski definition) is 5. The number of benzene rings is 2. The molecular formula is C23H28ClN3O4. The average Bonchev–Trinajstić information content (AvgIpc) is 2.79. The van der Waals surface area contributed by atoms with Gasteiger partial charge < -0.3 is 19.7 Å². The molecule has 0 saturated carbocycles. The molecule has 8 heteroatoms. The number of methoxy groups -OCH3 is 2. The third-order valence-corrected chi connectivity index (χ3v) is 5.56. The number of nitrogens with zero attached hydrogens (tertiary/aromatic N) is 2. The van der Waals surface area contributed by atoms with Crippen molar-refractivity contribution < 1.29 is 19.1 Å². The summed E-state index contributed by atoms with van der Waals surface area (Å²) in [5, 5.41) is 3.37. The fraction of sp³-hybridized carbons (Fsp3) is 0.391. The number of amides is 2. The fourth-order valence-corrected chi connectivity index (χ4v) is 3.66. The molecule has 0 radical (unpaired) electrons. The van der Waals surface area contributed by atoms with Gasteiger partial charge in [-0.1, -0.05) is 17.7 Å². The SMILES string of the molecule is COc1ccc(CN2CCN(C(=O)CCNC(=O)c3ccc(Cl)cc3)CC2)cc1OC. The molecule has 0 bridgehead atoms. The average molecular weight is 446 g/mol. The molecule has 1 N–H and O–H groups in total.